The number of hydrogen-bond donors (Lipinski definition) is 2. The van der Waals surface area contributed by atoms with Crippen molar-refractivity contribution in [2.24, 2.45) is 0 Å². The maximum atomic E-state index is 11.8. The summed E-state index contributed by atoms with van der Waals surface area (Å²) in [5, 5.41) is 11.3. The first-order valence-electron chi connectivity index (χ1n) is 6.03. The van der Waals surface area contributed by atoms with Crippen molar-refractivity contribution in [3.05, 3.63) is 21.3 Å². The topological polar surface area (TPSA) is 67.8 Å². The molecule has 0 heterocycles. The van der Waals surface area contributed by atoms with Gasteiger partial charge in [0.15, 0.2) is 11.5 Å². The molecule has 0 aliphatic carbocycles. The van der Waals surface area contributed by atoms with Gasteiger partial charge in [0.2, 0.25) is 0 Å². The van der Waals surface area contributed by atoms with Crippen LogP contribution >= 0.6 is 22.6 Å². The Labute approximate surface area is 126 Å². The molecule has 0 unspecified atom stereocenters. The molecule has 0 aliphatic rings. The zero-order valence-corrected chi connectivity index (χ0v) is 13.2. The predicted molar refractivity (Wildman–Crippen MR) is 80.9 cm³/mol. The van der Waals surface area contributed by atoms with Gasteiger partial charge in [-0.1, -0.05) is 6.92 Å². The Morgan fingerprint density at radius 3 is 2.79 bits per heavy atom. The van der Waals surface area contributed by atoms with Gasteiger partial charge in [-0.3, -0.25) is 4.79 Å². The molecule has 1 aromatic rings. The lowest BCUT2D eigenvalue weighted by Gasteiger charge is -2.13. The van der Waals surface area contributed by atoms with E-state index in [9.17, 15) is 4.79 Å². The molecule has 0 aromatic heterocycles. The number of aliphatic hydroxyl groups excluding tert-OH is 1. The fraction of sp³-hybridized carbons (Fsp3) is 0.462. The summed E-state index contributed by atoms with van der Waals surface area (Å²) >= 11 is 2.11. The van der Waals surface area contributed by atoms with Crippen LogP contribution in [0.25, 0.3) is 0 Å². The summed E-state index contributed by atoms with van der Waals surface area (Å²) in [4.78, 5) is 11.8. The van der Waals surface area contributed by atoms with Crippen molar-refractivity contribution in [1.29, 1.82) is 0 Å². The van der Waals surface area contributed by atoms with Crippen molar-refractivity contribution < 1.29 is 19.4 Å². The maximum Gasteiger partial charge on any atom is 0.251 e. The zero-order valence-electron chi connectivity index (χ0n) is 11.0. The number of methoxy groups -OCH3 is 1. The normalized spacial score (nSPS) is 10.1. The molecule has 0 atom stereocenters. The van der Waals surface area contributed by atoms with Gasteiger partial charge in [-0.05, 0) is 41.1 Å². The summed E-state index contributed by atoms with van der Waals surface area (Å²) in [6.45, 7) is 2.77. The third kappa shape index (κ3) is 4.54. The molecule has 0 saturated carbocycles. The second kappa shape index (κ2) is 8.21. The molecule has 1 rings (SSSR count). The van der Waals surface area contributed by atoms with Crippen LogP contribution in [0.2, 0.25) is 0 Å². The first-order chi connectivity index (χ1) is 9.13. The summed E-state index contributed by atoms with van der Waals surface area (Å²) < 4.78 is 11.7. The molecular weight excluding hydrogens is 361 g/mol. The van der Waals surface area contributed by atoms with Crippen molar-refractivity contribution in [2.75, 3.05) is 26.9 Å². The van der Waals surface area contributed by atoms with Gasteiger partial charge in [0.25, 0.3) is 5.91 Å². The number of nitrogens with one attached hydrogen (secondary N) is 1. The lowest BCUT2D eigenvalue weighted by molar-refractivity contribution is 0.0944. The zero-order chi connectivity index (χ0) is 14.3. The maximum absolute atomic E-state index is 11.8. The summed E-state index contributed by atoms with van der Waals surface area (Å²) in [5.74, 6) is 0.950. The van der Waals surface area contributed by atoms with Gasteiger partial charge in [0.1, 0.15) is 0 Å². The number of ether oxygens (including phenoxy) is 2. The summed E-state index contributed by atoms with van der Waals surface area (Å²) in [7, 11) is 1.54. The van der Waals surface area contributed by atoms with E-state index in [1.807, 2.05) is 6.92 Å². The van der Waals surface area contributed by atoms with Crippen LogP contribution in [0.15, 0.2) is 12.1 Å². The average Bonchev–Trinajstić information content (AvgIpc) is 2.42. The summed E-state index contributed by atoms with van der Waals surface area (Å²) in [6, 6.07) is 3.38. The van der Waals surface area contributed by atoms with E-state index in [1.165, 1.54) is 0 Å². The monoisotopic (exact) mass is 379 g/mol. The first kappa shape index (κ1) is 16.0. The Balaban J connectivity index is 2.98. The van der Waals surface area contributed by atoms with Crippen molar-refractivity contribution in [3.63, 3.8) is 0 Å². The van der Waals surface area contributed by atoms with E-state index >= 15 is 0 Å². The van der Waals surface area contributed by atoms with Crippen molar-refractivity contribution >= 4 is 28.5 Å². The molecule has 0 bridgehead atoms. The van der Waals surface area contributed by atoms with E-state index in [1.54, 1.807) is 19.2 Å². The molecule has 0 saturated heterocycles. The third-order valence-electron chi connectivity index (χ3n) is 2.34. The Morgan fingerprint density at radius 2 is 2.21 bits per heavy atom. The van der Waals surface area contributed by atoms with Gasteiger partial charge in [0, 0.05) is 12.1 Å². The van der Waals surface area contributed by atoms with Gasteiger partial charge in [-0.2, -0.15) is 0 Å². The molecule has 1 amide bonds. The van der Waals surface area contributed by atoms with Crippen LogP contribution in [0.3, 0.4) is 0 Å². The van der Waals surface area contributed by atoms with Gasteiger partial charge in [-0.15, -0.1) is 0 Å². The highest BCUT2D eigenvalue weighted by atomic mass is 127. The smallest absolute Gasteiger partial charge is 0.251 e. The van der Waals surface area contributed by atoms with Crippen LogP contribution < -0.4 is 14.8 Å². The molecule has 0 aliphatic heterocycles. The number of rotatable bonds is 7. The van der Waals surface area contributed by atoms with Crippen molar-refractivity contribution in [1.82, 2.24) is 5.32 Å². The van der Waals surface area contributed by atoms with Crippen LogP contribution in [0.5, 0.6) is 11.5 Å². The standard InChI is InChI=1S/C13H18INO4/c1-3-6-19-12-10(14)7-9(8-11(12)18-2)13(17)15-4-5-16/h7-8,16H,3-6H2,1-2H3,(H,15,17). The minimum atomic E-state index is -0.243. The first-order valence-corrected chi connectivity index (χ1v) is 7.11. The molecule has 106 valence electrons. The minimum Gasteiger partial charge on any atom is -0.493 e. The number of carbonyl (C=O) groups excluding carboxylic acids is 1. The number of aliphatic hydroxyl groups is 1. The molecule has 0 fully saturated rings. The Hall–Kier alpha value is -1.02. The Kier molecular flexibility index (Phi) is 6.93. The van der Waals surface area contributed by atoms with Crippen LogP contribution in [0.1, 0.15) is 23.7 Å². The van der Waals surface area contributed by atoms with E-state index in [0.29, 0.717) is 23.7 Å². The minimum absolute atomic E-state index is 0.0857. The van der Waals surface area contributed by atoms with E-state index in [-0.39, 0.29) is 19.1 Å². The fourth-order valence-corrected chi connectivity index (χ4v) is 2.22. The second-order valence-electron chi connectivity index (χ2n) is 3.82. The molecule has 6 heteroatoms. The lowest BCUT2D eigenvalue weighted by atomic mass is 10.2. The lowest BCUT2D eigenvalue weighted by Crippen LogP contribution is -2.26. The van der Waals surface area contributed by atoms with Crippen LogP contribution in [0, 0.1) is 3.57 Å². The fourth-order valence-electron chi connectivity index (χ4n) is 1.47. The number of benzene rings is 1. The highest BCUT2D eigenvalue weighted by Gasteiger charge is 2.15. The molecule has 2 N–H and O–H groups in total. The summed E-state index contributed by atoms with van der Waals surface area (Å²) in [6.07, 6.45) is 0.901. The van der Waals surface area contributed by atoms with Crippen LogP contribution in [-0.2, 0) is 0 Å². The SMILES string of the molecule is CCCOc1c(I)cc(C(=O)NCCO)cc1OC. The number of carbonyl (C=O) groups is 1. The third-order valence-corrected chi connectivity index (χ3v) is 3.14. The van der Waals surface area contributed by atoms with Crippen molar-refractivity contribution in [3.8, 4) is 11.5 Å². The van der Waals surface area contributed by atoms with Crippen LogP contribution in [0.4, 0.5) is 0 Å². The average molecular weight is 379 g/mol. The predicted octanol–water partition coefficient (Wildman–Crippen LogP) is 1.81. The Morgan fingerprint density at radius 1 is 1.47 bits per heavy atom. The van der Waals surface area contributed by atoms with Gasteiger partial charge < -0.3 is 19.9 Å². The molecule has 5 nitrogen and oxygen atoms in total. The molecule has 0 radical (unpaired) electrons. The number of amides is 1. The molecule has 19 heavy (non-hydrogen) atoms. The van der Waals surface area contributed by atoms with E-state index in [0.717, 1.165) is 9.99 Å². The van der Waals surface area contributed by atoms with Gasteiger partial charge in [-0.25, -0.2) is 0 Å². The highest BCUT2D eigenvalue weighted by Crippen LogP contribution is 2.34. The molecule has 1 aromatic carbocycles. The quantitative estimate of drug-likeness (QED) is 0.710. The van der Waals surface area contributed by atoms with E-state index in [2.05, 4.69) is 27.9 Å². The second-order valence-corrected chi connectivity index (χ2v) is 4.98. The molecule has 0 spiro atoms. The Bertz CT molecular complexity index is 437. The number of halogens is 1. The molecular formula is C13H18INO4. The number of hydrogen-bond acceptors (Lipinski definition) is 4. The highest BCUT2D eigenvalue weighted by molar-refractivity contribution is 14.1. The van der Waals surface area contributed by atoms with Crippen molar-refractivity contribution in [2.45, 2.75) is 13.3 Å². The van der Waals surface area contributed by atoms with E-state index < -0.39 is 0 Å². The van der Waals surface area contributed by atoms with Crippen LogP contribution in [-0.4, -0.2) is 37.9 Å². The van der Waals surface area contributed by atoms with E-state index in [4.69, 9.17) is 14.6 Å². The summed E-state index contributed by atoms with van der Waals surface area (Å²) in [5.41, 5.74) is 0.485. The largest absolute Gasteiger partial charge is 0.493 e. The van der Waals surface area contributed by atoms with Gasteiger partial charge in [0.05, 0.1) is 23.9 Å². The van der Waals surface area contributed by atoms with Gasteiger partial charge >= 0.3 is 0 Å².